The number of rotatable bonds is 9. The van der Waals surface area contributed by atoms with Crippen LogP contribution in [-0.2, 0) is 23.3 Å². The van der Waals surface area contributed by atoms with Crippen molar-refractivity contribution in [3.63, 3.8) is 0 Å². The standard InChI is InChI=1S/C16H30BN2O5PSi/c1-9(11(20)8-12(21)23-25-19-17)14-13(15(22)18-14)10(2)24-26(6,7)16(3,4)5/h9-10,13-14,19,25H,8H2,1-7H3,(H,18,22)/t9-,10+,13+,14?/m0/s1. The molecule has 1 amide bonds. The molecule has 1 heterocycles. The van der Waals surface area contributed by atoms with Gasteiger partial charge >= 0.3 is 5.97 Å². The second-order valence-corrected chi connectivity index (χ2v) is 13.7. The Labute approximate surface area is 160 Å². The highest BCUT2D eigenvalue weighted by Crippen LogP contribution is 2.39. The maximum atomic E-state index is 12.3. The van der Waals surface area contributed by atoms with Crippen molar-refractivity contribution in [1.29, 1.82) is 0 Å². The average Bonchev–Trinajstić information content (AvgIpc) is 2.47. The highest BCUT2D eigenvalue weighted by molar-refractivity contribution is 7.32. The summed E-state index contributed by atoms with van der Waals surface area (Å²) in [6.07, 6.45) is -0.633. The van der Waals surface area contributed by atoms with Crippen molar-refractivity contribution in [3.05, 3.63) is 0 Å². The van der Waals surface area contributed by atoms with E-state index in [-0.39, 0.29) is 44.3 Å². The lowest BCUT2D eigenvalue weighted by atomic mass is 9.77. The Bertz CT molecular complexity index is 555. The number of hydrogen-bond acceptors (Lipinski definition) is 6. The zero-order valence-corrected chi connectivity index (χ0v) is 18.6. The Morgan fingerprint density at radius 3 is 2.38 bits per heavy atom. The smallest absolute Gasteiger partial charge is 0.316 e. The molecule has 7 nitrogen and oxygen atoms in total. The van der Waals surface area contributed by atoms with Gasteiger partial charge in [-0.1, -0.05) is 27.7 Å². The van der Waals surface area contributed by atoms with Crippen LogP contribution in [0.1, 0.15) is 41.0 Å². The number of Topliss-reactive ketones (excluding diaryl/α,β-unsaturated/α-hetero) is 1. The van der Waals surface area contributed by atoms with Crippen LogP contribution in [0.25, 0.3) is 0 Å². The summed E-state index contributed by atoms with van der Waals surface area (Å²) in [6, 6.07) is -0.336. The van der Waals surface area contributed by atoms with Crippen LogP contribution >= 0.6 is 8.96 Å². The zero-order chi connectivity index (χ0) is 20.3. The van der Waals surface area contributed by atoms with E-state index in [0.717, 1.165) is 0 Å². The van der Waals surface area contributed by atoms with Crippen LogP contribution in [0, 0.1) is 11.8 Å². The van der Waals surface area contributed by atoms with Gasteiger partial charge in [0.05, 0.1) is 18.1 Å². The lowest BCUT2D eigenvalue weighted by molar-refractivity contribution is -0.145. The van der Waals surface area contributed by atoms with E-state index in [9.17, 15) is 14.4 Å². The van der Waals surface area contributed by atoms with E-state index < -0.39 is 26.1 Å². The van der Waals surface area contributed by atoms with Crippen LogP contribution in [0.4, 0.5) is 0 Å². The molecule has 0 aromatic rings. The molecular formula is C16H30BN2O5PSi. The van der Waals surface area contributed by atoms with Crippen molar-refractivity contribution < 1.29 is 23.3 Å². The van der Waals surface area contributed by atoms with Crippen LogP contribution in [0.15, 0.2) is 0 Å². The molecule has 1 aliphatic heterocycles. The molecule has 0 aromatic carbocycles. The number of β-lactam (4-membered cyclic amide) rings is 1. The van der Waals surface area contributed by atoms with E-state index in [1.807, 2.05) is 6.92 Å². The first-order chi connectivity index (χ1) is 11.8. The number of hydrogen-bond donors (Lipinski definition) is 2. The highest BCUT2D eigenvalue weighted by atomic mass is 31.1. The van der Waals surface area contributed by atoms with Crippen LogP contribution in [0.3, 0.4) is 0 Å². The van der Waals surface area contributed by atoms with Crippen LogP contribution in [-0.4, -0.2) is 46.1 Å². The predicted octanol–water partition coefficient (Wildman–Crippen LogP) is 1.83. The minimum atomic E-state index is -2.03. The summed E-state index contributed by atoms with van der Waals surface area (Å²) >= 11 is 0. The Balaban J connectivity index is 2.72. The van der Waals surface area contributed by atoms with Crippen molar-refractivity contribution in [2.45, 2.75) is 71.3 Å². The van der Waals surface area contributed by atoms with Gasteiger partial charge in [-0.2, -0.15) is 0 Å². The van der Waals surface area contributed by atoms with E-state index in [0.29, 0.717) is 0 Å². The molecule has 26 heavy (non-hydrogen) atoms. The SMILES string of the molecule is [B]NPOC(=O)CC(=O)[C@H](C)C1NC(=O)[C@@H]1[C@@H](C)O[Si](C)(C)C(C)(C)C. The first kappa shape index (κ1) is 23.3. The van der Waals surface area contributed by atoms with Gasteiger partial charge in [-0.05, 0) is 25.1 Å². The molecule has 10 heteroatoms. The van der Waals surface area contributed by atoms with E-state index in [4.69, 9.17) is 16.9 Å². The number of ketones is 1. The molecule has 2 N–H and O–H groups in total. The molecule has 1 rings (SSSR count). The number of carbonyl (C=O) groups is 3. The summed E-state index contributed by atoms with van der Waals surface area (Å²) in [5.41, 5.74) is 0. The lowest BCUT2D eigenvalue weighted by Gasteiger charge is -2.46. The first-order valence-electron chi connectivity index (χ1n) is 8.73. The van der Waals surface area contributed by atoms with Gasteiger partial charge in [0.15, 0.2) is 16.3 Å². The third-order valence-electron chi connectivity index (χ3n) is 5.38. The monoisotopic (exact) mass is 400 g/mol. The van der Waals surface area contributed by atoms with Gasteiger partial charge in [0.2, 0.25) is 5.91 Å². The molecule has 1 fully saturated rings. The van der Waals surface area contributed by atoms with Crippen molar-refractivity contribution in [2.24, 2.45) is 11.8 Å². The summed E-state index contributed by atoms with van der Waals surface area (Å²) in [5.74, 6) is -1.91. The molecule has 146 valence electrons. The Kier molecular flexibility index (Phi) is 8.02. The molecule has 0 aliphatic carbocycles. The van der Waals surface area contributed by atoms with E-state index in [1.165, 1.54) is 0 Å². The molecule has 0 bridgehead atoms. The van der Waals surface area contributed by atoms with Crippen LogP contribution < -0.4 is 10.3 Å². The molecule has 0 saturated carbocycles. The van der Waals surface area contributed by atoms with Crippen molar-refractivity contribution >= 4 is 42.9 Å². The summed E-state index contributed by atoms with van der Waals surface area (Å²) in [7, 11) is 2.62. The second kappa shape index (κ2) is 8.95. The van der Waals surface area contributed by atoms with Gasteiger partial charge in [-0.15, -0.1) is 0 Å². The maximum Gasteiger partial charge on any atom is 0.316 e. The molecule has 0 spiro atoms. The summed E-state index contributed by atoms with van der Waals surface area (Å²) in [4.78, 5) is 38.2. The number of amides is 1. The Morgan fingerprint density at radius 2 is 1.92 bits per heavy atom. The normalized spacial score (nSPS) is 23.3. The van der Waals surface area contributed by atoms with Gasteiger partial charge in [-0.25, -0.2) is 0 Å². The number of carbonyl (C=O) groups excluding carboxylic acids is 3. The van der Waals surface area contributed by atoms with Crippen molar-refractivity contribution in [2.75, 3.05) is 0 Å². The van der Waals surface area contributed by atoms with E-state index in [2.05, 4.69) is 44.2 Å². The average molecular weight is 400 g/mol. The molecule has 5 atom stereocenters. The molecule has 1 saturated heterocycles. The fourth-order valence-electron chi connectivity index (χ4n) is 2.70. The maximum absolute atomic E-state index is 12.3. The quantitative estimate of drug-likeness (QED) is 0.266. The molecule has 2 radical (unpaired) electrons. The Morgan fingerprint density at radius 1 is 1.35 bits per heavy atom. The Hall–Kier alpha value is -0.758. The van der Waals surface area contributed by atoms with Gasteiger partial charge in [0.1, 0.15) is 21.2 Å². The minimum absolute atomic E-state index is 0.0278. The van der Waals surface area contributed by atoms with E-state index >= 15 is 0 Å². The topological polar surface area (TPSA) is 93.7 Å². The lowest BCUT2D eigenvalue weighted by Crippen LogP contribution is -2.66. The summed E-state index contributed by atoms with van der Waals surface area (Å²) < 4.78 is 11.1. The van der Waals surface area contributed by atoms with Gasteiger partial charge in [0.25, 0.3) is 0 Å². The van der Waals surface area contributed by atoms with Gasteiger partial charge < -0.3 is 19.3 Å². The van der Waals surface area contributed by atoms with Gasteiger partial charge in [-0.3, -0.25) is 14.4 Å². The van der Waals surface area contributed by atoms with Crippen LogP contribution in [0.5, 0.6) is 0 Å². The largest absolute Gasteiger partial charge is 0.432 e. The summed E-state index contributed by atoms with van der Waals surface area (Å²) in [6.45, 7) is 14.3. The van der Waals surface area contributed by atoms with Gasteiger partial charge in [0, 0.05) is 5.92 Å². The molecule has 0 aromatic heterocycles. The van der Waals surface area contributed by atoms with Crippen molar-refractivity contribution in [3.8, 4) is 0 Å². The predicted molar refractivity (Wildman–Crippen MR) is 105 cm³/mol. The second-order valence-electron chi connectivity index (χ2n) is 8.30. The van der Waals surface area contributed by atoms with E-state index in [1.54, 1.807) is 6.92 Å². The fourth-order valence-corrected chi connectivity index (χ4v) is 4.37. The molecule has 1 aliphatic rings. The van der Waals surface area contributed by atoms with Crippen molar-refractivity contribution in [1.82, 2.24) is 10.3 Å². The first-order valence-corrected chi connectivity index (χ1v) is 12.5. The highest BCUT2D eigenvalue weighted by Gasteiger charge is 2.50. The zero-order valence-electron chi connectivity index (χ0n) is 16.6. The third kappa shape index (κ3) is 5.62. The number of nitrogens with one attached hydrogen (secondary N) is 2. The third-order valence-corrected chi connectivity index (χ3v) is 10.4. The van der Waals surface area contributed by atoms with Crippen LogP contribution in [0.2, 0.25) is 18.1 Å². The summed E-state index contributed by atoms with van der Waals surface area (Å²) in [5, 5.41) is 2.82. The molecular weight excluding hydrogens is 370 g/mol. The minimum Gasteiger partial charge on any atom is -0.432 e. The fraction of sp³-hybridized carbons (Fsp3) is 0.812. The molecule has 2 unspecified atom stereocenters.